The van der Waals surface area contributed by atoms with E-state index in [4.69, 9.17) is 15.5 Å². The fourth-order valence-corrected chi connectivity index (χ4v) is 5.91. The molecule has 2 aromatic carbocycles. The Bertz CT molecular complexity index is 1340. The van der Waals surface area contributed by atoms with Crippen molar-refractivity contribution in [2.75, 3.05) is 19.5 Å². The van der Waals surface area contributed by atoms with Gasteiger partial charge in [-0.05, 0) is 68.1 Å². The molecule has 2 aliphatic carbocycles. The van der Waals surface area contributed by atoms with Crippen molar-refractivity contribution in [1.29, 1.82) is 0 Å². The Labute approximate surface area is 234 Å². The van der Waals surface area contributed by atoms with Crippen LogP contribution in [0.2, 0.25) is 0 Å². The molecule has 40 heavy (non-hydrogen) atoms. The van der Waals surface area contributed by atoms with Gasteiger partial charge in [0.05, 0.1) is 24.7 Å². The molecule has 0 aliphatic heterocycles. The lowest BCUT2D eigenvalue weighted by molar-refractivity contribution is -0.123. The van der Waals surface area contributed by atoms with Crippen LogP contribution in [0.5, 0.6) is 0 Å². The summed E-state index contributed by atoms with van der Waals surface area (Å²) in [5, 5.41) is 2.76. The molecule has 1 atom stereocenters. The van der Waals surface area contributed by atoms with Crippen molar-refractivity contribution in [3.8, 4) is 22.4 Å². The number of anilines is 1. The fraction of sp³-hybridized carbons (Fsp3) is 0.406. The molecule has 210 valence electrons. The first kappa shape index (κ1) is 27.8. The maximum absolute atomic E-state index is 15.3. The predicted octanol–water partition coefficient (Wildman–Crippen LogP) is 6.29. The average Bonchev–Trinajstić information content (AvgIpc) is 2.99. The lowest BCUT2D eigenvalue weighted by Gasteiger charge is -2.38. The zero-order valence-electron chi connectivity index (χ0n) is 23.1. The van der Waals surface area contributed by atoms with Crippen molar-refractivity contribution in [3.05, 3.63) is 72.4 Å². The summed E-state index contributed by atoms with van der Waals surface area (Å²) in [5.41, 5.74) is 11.4. The van der Waals surface area contributed by atoms with E-state index in [0.717, 1.165) is 47.2 Å². The summed E-state index contributed by atoms with van der Waals surface area (Å²) in [6.45, 7) is 0. The maximum atomic E-state index is 15.3. The minimum atomic E-state index is -1.65. The normalized spacial score (nSPS) is 20.6. The molecule has 0 saturated heterocycles. The quantitative estimate of drug-likeness (QED) is 0.365. The van der Waals surface area contributed by atoms with Gasteiger partial charge in [0.1, 0.15) is 0 Å². The van der Waals surface area contributed by atoms with Crippen molar-refractivity contribution < 1.29 is 18.7 Å². The molecule has 7 nitrogen and oxygen atoms in total. The Morgan fingerprint density at radius 1 is 1.05 bits per heavy atom. The maximum Gasteiger partial charge on any atom is 0.409 e. The van der Waals surface area contributed by atoms with E-state index in [-0.39, 0.29) is 11.6 Å². The fourth-order valence-electron chi connectivity index (χ4n) is 5.91. The van der Waals surface area contributed by atoms with Crippen molar-refractivity contribution in [1.82, 2.24) is 9.88 Å². The van der Waals surface area contributed by atoms with Crippen LogP contribution in [0.15, 0.2) is 66.9 Å². The third-order valence-corrected chi connectivity index (χ3v) is 8.64. The standard InChI is InChI=1S/C32H37FN4O3/c1-37(31(39)40-2)26-15-11-22(12-16-26)28(33)30(38)36-25-19-27(21-7-4-3-5-8-21)29(35-20-25)23-9-13-24(14-10-23)32(34)17-6-18-32/h3-5,7-10,13-14,19-20,22,26,28H,6,11-12,15-18,34H2,1-2H3,(H,36,38)/t22-,26-,28?. The summed E-state index contributed by atoms with van der Waals surface area (Å²) in [6.07, 6.45) is 4.97. The van der Waals surface area contributed by atoms with E-state index >= 15 is 4.39 Å². The SMILES string of the molecule is COC(=O)N(C)[C@H]1CC[C@H](C(F)C(=O)Nc2cnc(-c3ccc(C4(N)CCC4)cc3)c(-c3ccccc3)c2)CC1. The molecule has 5 rings (SSSR count). The molecule has 1 aromatic heterocycles. The van der Waals surface area contributed by atoms with Crippen LogP contribution in [0.4, 0.5) is 14.9 Å². The highest BCUT2D eigenvalue weighted by Crippen LogP contribution is 2.40. The Morgan fingerprint density at radius 2 is 1.73 bits per heavy atom. The van der Waals surface area contributed by atoms with Gasteiger partial charge in [-0.2, -0.15) is 0 Å². The lowest BCUT2D eigenvalue weighted by Crippen LogP contribution is -2.43. The van der Waals surface area contributed by atoms with Crippen LogP contribution >= 0.6 is 0 Å². The molecule has 1 unspecified atom stereocenters. The molecular weight excluding hydrogens is 507 g/mol. The number of nitrogens with two attached hydrogens (primary N) is 1. The van der Waals surface area contributed by atoms with Crippen LogP contribution in [0.3, 0.4) is 0 Å². The number of amides is 2. The number of ether oxygens (including phenoxy) is 1. The van der Waals surface area contributed by atoms with Crippen molar-refractivity contribution in [3.63, 3.8) is 0 Å². The van der Waals surface area contributed by atoms with Crippen LogP contribution < -0.4 is 11.1 Å². The van der Waals surface area contributed by atoms with E-state index in [1.165, 1.54) is 7.11 Å². The number of hydrogen-bond acceptors (Lipinski definition) is 5. The number of benzene rings is 2. The topological polar surface area (TPSA) is 97.5 Å². The number of nitrogens with one attached hydrogen (secondary N) is 1. The minimum absolute atomic E-state index is 0.0118. The highest BCUT2D eigenvalue weighted by molar-refractivity contribution is 5.95. The third-order valence-electron chi connectivity index (χ3n) is 8.64. The van der Waals surface area contributed by atoms with E-state index in [1.54, 1.807) is 18.1 Å². The number of alkyl halides is 1. The van der Waals surface area contributed by atoms with Gasteiger partial charge in [0, 0.05) is 29.8 Å². The highest BCUT2D eigenvalue weighted by atomic mass is 19.1. The Hall–Kier alpha value is -3.78. The monoisotopic (exact) mass is 544 g/mol. The molecular formula is C32H37FN4O3. The number of pyridine rings is 1. The molecule has 0 spiro atoms. The summed E-state index contributed by atoms with van der Waals surface area (Å²) in [5.74, 6) is -1.07. The van der Waals surface area contributed by atoms with E-state index < -0.39 is 24.1 Å². The molecule has 1 heterocycles. The van der Waals surface area contributed by atoms with Crippen LogP contribution in [-0.2, 0) is 15.1 Å². The zero-order chi connectivity index (χ0) is 28.3. The molecule has 2 fully saturated rings. The number of nitrogens with zero attached hydrogens (tertiary/aromatic N) is 2. The number of carbonyl (C=O) groups is 2. The molecule has 2 amide bonds. The molecule has 3 aromatic rings. The summed E-state index contributed by atoms with van der Waals surface area (Å²) in [7, 11) is 3.03. The zero-order valence-corrected chi connectivity index (χ0v) is 23.1. The number of halogens is 1. The molecule has 8 heteroatoms. The first-order valence-corrected chi connectivity index (χ1v) is 14.0. The summed E-state index contributed by atoms with van der Waals surface area (Å²) >= 11 is 0. The van der Waals surface area contributed by atoms with Crippen LogP contribution in [0.25, 0.3) is 22.4 Å². The molecule has 0 bridgehead atoms. The minimum Gasteiger partial charge on any atom is -0.453 e. The first-order valence-electron chi connectivity index (χ1n) is 14.0. The van der Waals surface area contributed by atoms with E-state index in [2.05, 4.69) is 17.4 Å². The number of methoxy groups -OCH3 is 1. The van der Waals surface area contributed by atoms with Crippen LogP contribution in [-0.4, -0.2) is 48.3 Å². The average molecular weight is 545 g/mol. The van der Waals surface area contributed by atoms with Gasteiger partial charge >= 0.3 is 6.09 Å². The predicted molar refractivity (Wildman–Crippen MR) is 154 cm³/mol. The summed E-state index contributed by atoms with van der Waals surface area (Å²) in [6, 6.07) is 19.9. The van der Waals surface area contributed by atoms with Gasteiger partial charge in [-0.3, -0.25) is 9.78 Å². The van der Waals surface area contributed by atoms with Gasteiger partial charge in [-0.1, -0.05) is 54.6 Å². The lowest BCUT2D eigenvalue weighted by atomic mass is 9.72. The summed E-state index contributed by atoms with van der Waals surface area (Å²) < 4.78 is 20.1. The summed E-state index contributed by atoms with van der Waals surface area (Å²) in [4.78, 5) is 31.0. The molecule has 2 saturated carbocycles. The van der Waals surface area contributed by atoms with Gasteiger partial charge in [-0.25, -0.2) is 9.18 Å². The van der Waals surface area contributed by atoms with Gasteiger partial charge in [0.2, 0.25) is 0 Å². The van der Waals surface area contributed by atoms with Gasteiger partial charge in [0.15, 0.2) is 6.17 Å². The van der Waals surface area contributed by atoms with Gasteiger partial charge < -0.3 is 20.7 Å². The number of rotatable bonds is 7. The van der Waals surface area contributed by atoms with Crippen molar-refractivity contribution >= 4 is 17.7 Å². The van der Waals surface area contributed by atoms with Crippen molar-refractivity contribution in [2.45, 2.75) is 62.7 Å². The molecule has 0 radical (unpaired) electrons. The second kappa shape index (κ2) is 11.8. The van der Waals surface area contributed by atoms with E-state index in [9.17, 15) is 9.59 Å². The van der Waals surface area contributed by atoms with E-state index in [1.807, 2.05) is 48.5 Å². The smallest absolute Gasteiger partial charge is 0.409 e. The Kier molecular flexibility index (Phi) is 8.17. The Balaban J connectivity index is 1.31. The highest BCUT2D eigenvalue weighted by Gasteiger charge is 2.35. The third kappa shape index (κ3) is 5.72. The molecule has 2 aliphatic rings. The van der Waals surface area contributed by atoms with E-state index in [0.29, 0.717) is 31.4 Å². The largest absolute Gasteiger partial charge is 0.453 e. The van der Waals surface area contributed by atoms with Gasteiger partial charge in [0.25, 0.3) is 5.91 Å². The second-order valence-electron chi connectivity index (χ2n) is 11.1. The number of aromatic nitrogens is 1. The number of carbonyl (C=O) groups excluding carboxylic acids is 2. The first-order chi connectivity index (χ1) is 19.3. The van der Waals surface area contributed by atoms with Gasteiger partial charge in [-0.15, -0.1) is 0 Å². The second-order valence-corrected chi connectivity index (χ2v) is 11.1. The van der Waals surface area contributed by atoms with Crippen LogP contribution in [0.1, 0.15) is 50.5 Å². The number of hydrogen-bond donors (Lipinski definition) is 2. The molecule has 3 N–H and O–H groups in total. The Morgan fingerprint density at radius 3 is 2.33 bits per heavy atom. The van der Waals surface area contributed by atoms with Crippen LogP contribution in [0, 0.1) is 5.92 Å². The van der Waals surface area contributed by atoms with Crippen molar-refractivity contribution in [2.24, 2.45) is 11.7 Å².